The molecule has 0 amide bonds. The van der Waals surface area contributed by atoms with Crippen LogP contribution in [0.2, 0.25) is 0 Å². The summed E-state index contributed by atoms with van der Waals surface area (Å²) in [6, 6.07) is 0. The zero-order valence-corrected chi connectivity index (χ0v) is 5.31. The van der Waals surface area contributed by atoms with E-state index in [1.165, 1.54) is 0 Å². The molecule has 1 aliphatic rings. The van der Waals surface area contributed by atoms with Crippen molar-refractivity contribution in [3.05, 3.63) is 12.2 Å². The quantitative estimate of drug-likeness (QED) is 0.399. The van der Waals surface area contributed by atoms with Gasteiger partial charge >= 0.3 is 5.97 Å². The van der Waals surface area contributed by atoms with Gasteiger partial charge in [-0.3, -0.25) is 10.1 Å². The summed E-state index contributed by atoms with van der Waals surface area (Å²) >= 11 is 0. The zero-order valence-electron chi connectivity index (χ0n) is 5.31. The van der Waals surface area contributed by atoms with Crippen LogP contribution >= 0.6 is 0 Å². The van der Waals surface area contributed by atoms with Crippen LogP contribution in [0.3, 0.4) is 0 Å². The molecule has 0 radical (unpaired) electrons. The van der Waals surface area contributed by atoms with Crippen molar-refractivity contribution < 1.29 is 9.53 Å². The van der Waals surface area contributed by atoms with E-state index in [0.29, 0.717) is 6.54 Å². The normalized spacial score (nSPS) is 25.9. The minimum Gasteiger partial charge on any atom is -0.442 e. The van der Waals surface area contributed by atoms with E-state index >= 15 is 0 Å². The first-order chi connectivity index (χ1) is 4.20. The second kappa shape index (κ2) is 2.19. The number of carbonyl (C=O) groups excluding carboxylic acids is 1. The molecule has 0 aliphatic carbocycles. The summed E-state index contributed by atoms with van der Waals surface area (Å²) in [6.07, 6.45) is -0.252. The van der Waals surface area contributed by atoms with Gasteiger partial charge in [-0.2, -0.15) is 0 Å². The number of hydrogen-bond donors (Lipinski definition) is 1. The van der Waals surface area contributed by atoms with Gasteiger partial charge in [-0.25, -0.2) is 0 Å². The van der Waals surface area contributed by atoms with E-state index in [0.717, 1.165) is 5.57 Å². The highest BCUT2D eigenvalue weighted by Crippen LogP contribution is 2.04. The summed E-state index contributed by atoms with van der Waals surface area (Å²) in [5, 5.41) is 2.83. The summed E-state index contributed by atoms with van der Waals surface area (Å²) < 4.78 is 4.77. The third-order valence-electron chi connectivity index (χ3n) is 1.13. The van der Waals surface area contributed by atoms with E-state index in [1.54, 1.807) is 0 Å². The summed E-state index contributed by atoms with van der Waals surface area (Å²) in [5.41, 5.74) is 0.834. The van der Waals surface area contributed by atoms with Crippen LogP contribution in [0.5, 0.6) is 0 Å². The standard InChI is InChI=1S/C6H9NO2/c1-4(2)6-7-3-5(8)9-6/h6-7H,1,3H2,2H3. The Bertz CT molecular complexity index is 153. The monoisotopic (exact) mass is 127 g/mol. The van der Waals surface area contributed by atoms with Gasteiger partial charge in [0.25, 0.3) is 0 Å². The fourth-order valence-corrected chi connectivity index (χ4v) is 0.666. The van der Waals surface area contributed by atoms with Crippen LogP contribution in [-0.2, 0) is 9.53 Å². The SMILES string of the molecule is C=C(C)C1NCC(=O)O1. The molecule has 0 aromatic carbocycles. The molecule has 1 saturated heterocycles. The lowest BCUT2D eigenvalue weighted by Crippen LogP contribution is -2.22. The second-order valence-corrected chi connectivity index (χ2v) is 2.10. The van der Waals surface area contributed by atoms with Crippen molar-refractivity contribution in [2.24, 2.45) is 0 Å². The van der Waals surface area contributed by atoms with Gasteiger partial charge in [-0.1, -0.05) is 6.58 Å². The Labute approximate surface area is 53.7 Å². The predicted molar refractivity (Wildman–Crippen MR) is 32.7 cm³/mol. The Morgan fingerprint density at radius 1 is 2.00 bits per heavy atom. The molecule has 1 rings (SSSR count). The molecule has 1 fully saturated rings. The van der Waals surface area contributed by atoms with Crippen LogP contribution in [0.15, 0.2) is 12.2 Å². The summed E-state index contributed by atoms with van der Waals surface area (Å²) in [4.78, 5) is 10.4. The lowest BCUT2D eigenvalue weighted by molar-refractivity contribution is -0.139. The third kappa shape index (κ3) is 1.29. The molecule has 9 heavy (non-hydrogen) atoms. The van der Waals surface area contributed by atoms with Gasteiger partial charge in [0.05, 0.1) is 6.54 Å². The molecular formula is C6H9NO2. The Morgan fingerprint density at radius 3 is 2.89 bits per heavy atom. The molecule has 1 heterocycles. The second-order valence-electron chi connectivity index (χ2n) is 2.10. The average Bonchev–Trinajstić information content (AvgIpc) is 2.14. The minimum atomic E-state index is -0.252. The molecule has 1 N–H and O–H groups in total. The highest BCUT2D eigenvalue weighted by Gasteiger charge is 2.21. The van der Waals surface area contributed by atoms with Gasteiger partial charge in [-0.15, -0.1) is 0 Å². The topological polar surface area (TPSA) is 38.3 Å². The maximum Gasteiger partial charge on any atom is 0.321 e. The van der Waals surface area contributed by atoms with Gasteiger partial charge in [0.2, 0.25) is 0 Å². The van der Waals surface area contributed by atoms with E-state index in [2.05, 4.69) is 11.9 Å². The molecule has 0 aromatic rings. The first kappa shape index (κ1) is 6.29. The van der Waals surface area contributed by atoms with Crippen molar-refractivity contribution in [1.29, 1.82) is 0 Å². The molecule has 0 spiro atoms. The number of nitrogens with one attached hydrogen (secondary N) is 1. The molecular weight excluding hydrogens is 118 g/mol. The number of carbonyl (C=O) groups is 1. The van der Waals surface area contributed by atoms with Gasteiger partial charge in [0.1, 0.15) is 0 Å². The summed E-state index contributed by atoms with van der Waals surface area (Å²) in [5.74, 6) is -0.206. The summed E-state index contributed by atoms with van der Waals surface area (Å²) in [6.45, 7) is 5.75. The van der Waals surface area contributed by atoms with E-state index in [9.17, 15) is 4.79 Å². The van der Waals surface area contributed by atoms with Crippen LogP contribution in [0, 0.1) is 0 Å². The molecule has 0 bridgehead atoms. The molecule has 1 aliphatic heterocycles. The predicted octanol–water partition coefficient (Wildman–Crippen LogP) is 0.0350. The van der Waals surface area contributed by atoms with E-state index in [-0.39, 0.29) is 12.2 Å². The van der Waals surface area contributed by atoms with Crippen molar-refractivity contribution in [1.82, 2.24) is 5.32 Å². The van der Waals surface area contributed by atoms with Crippen molar-refractivity contribution in [3.8, 4) is 0 Å². The number of esters is 1. The smallest absolute Gasteiger partial charge is 0.321 e. The molecule has 0 saturated carbocycles. The van der Waals surface area contributed by atoms with E-state index < -0.39 is 0 Å². The molecule has 50 valence electrons. The van der Waals surface area contributed by atoms with Gasteiger partial charge < -0.3 is 4.74 Å². The fraction of sp³-hybridized carbons (Fsp3) is 0.500. The number of cyclic esters (lactones) is 1. The van der Waals surface area contributed by atoms with Gasteiger partial charge in [0.15, 0.2) is 6.23 Å². The van der Waals surface area contributed by atoms with Crippen LogP contribution in [0.1, 0.15) is 6.92 Å². The van der Waals surface area contributed by atoms with Crippen LogP contribution in [0.25, 0.3) is 0 Å². The summed E-state index contributed by atoms with van der Waals surface area (Å²) in [7, 11) is 0. The van der Waals surface area contributed by atoms with Gasteiger partial charge in [-0.05, 0) is 12.5 Å². The Morgan fingerprint density at radius 2 is 2.67 bits per heavy atom. The molecule has 3 heteroatoms. The van der Waals surface area contributed by atoms with Crippen molar-refractivity contribution in [2.75, 3.05) is 6.54 Å². The lowest BCUT2D eigenvalue weighted by Gasteiger charge is -2.06. The molecule has 3 nitrogen and oxygen atoms in total. The maximum atomic E-state index is 10.4. The highest BCUT2D eigenvalue weighted by atomic mass is 16.6. The van der Waals surface area contributed by atoms with Crippen LogP contribution in [-0.4, -0.2) is 18.7 Å². The fourth-order valence-electron chi connectivity index (χ4n) is 0.666. The number of ether oxygens (including phenoxy) is 1. The number of hydrogen-bond acceptors (Lipinski definition) is 3. The Hall–Kier alpha value is -0.830. The average molecular weight is 127 g/mol. The van der Waals surface area contributed by atoms with Crippen molar-refractivity contribution >= 4 is 5.97 Å². The zero-order chi connectivity index (χ0) is 6.85. The van der Waals surface area contributed by atoms with E-state index in [1.807, 2.05) is 6.92 Å². The van der Waals surface area contributed by atoms with Gasteiger partial charge in [0, 0.05) is 0 Å². The largest absolute Gasteiger partial charge is 0.442 e. The van der Waals surface area contributed by atoms with Crippen LogP contribution < -0.4 is 5.32 Å². The van der Waals surface area contributed by atoms with Crippen LogP contribution in [0.4, 0.5) is 0 Å². The molecule has 0 aromatic heterocycles. The van der Waals surface area contributed by atoms with Crippen molar-refractivity contribution in [2.45, 2.75) is 13.2 Å². The maximum absolute atomic E-state index is 10.4. The molecule has 1 unspecified atom stereocenters. The number of rotatable bonds is 1. The first-order valence-corrected chi connectivity index (χ1v) is 2.78. The Kier molecular flexibility index (Phi) is 1.53. The third-order valence-corrected chi connectivity index (χ3v) is 1.13. The van der Waals surface area contributed by atoms with E-state index in [4.69, 9.17) is 4.74 Å². The Balaban J connectivity index is 2.48. The minimum absolute atomic E-state index is 0.206. The first-order valence-electron chi connectivity index (χ1n) is 2.78. The highest BCUT2D eigenvalue weighted by molar-refractivity contribution is 5.74. The molecule has 1 atom stereocenters. The van der Waals surface area contributed by atoms with Crippen molar-refractivity contribution in [3.63, 3.8) is 0 Å². The lowest BCUT2D eigenvalue weighted by atomic mass is 10.3.